The molecule has 0 spiro atoms. The molecule has 0 amide bonds. The molecule has 4 rings (SSSR count). The van der Waals surface area contributed by atoms with Gasteiger partial charge in [0.2, 0.25) is 0 Å². The van der Waals surface area contributed by atoms with Gasteiger partial charge < -0.3 is 0 Å². The first-order chi connectivity index (χ1) is 13.8. The van der Waals surface area contributed by atoms with Crippen LogP contribution >= 0.6 is 24.8 Å². The van der Waals surface area contributed by atoms with Crippen molar-refractivity contribution >= 4 is 44.7 Å². The second-order valence-electron chi connectivity index (χ2n) is 7.81. The first-order valence-corrected chi connectivity index (χ1v) is 11.5. The van der Waals surface area contributed by atoms with E-state index in [4.69, 9.17) is 0 Å². The second-order valence-corrected chi connectivity index (χ2v) is 9.43. The summed E-state index contributed by atoms with van der Waals surface area (Å²) < 4.78 is 0. The van der Waals surface area contributed by atoms with Crippen molar-refractivity contribution in [3.63, 3.8) is 0 Å². The predicted octanol–water partition coefficient (Wildman–Crippen LogP) is 6.58. The van der Waals surface area contributed by atoms with Gasteiger partial charge in [-0.05, 0) is 0 Å². The van der Waals surface area contributed by atoms with Crippen molar-refractivity contribution in [2.45, 2.75) is 41.5 Å². The van der Waals surface area contributed by atoms with Crippen molar-refractivity contribution in [2.24, 2.45) is 11.8 Å². The SMILES string of the molecule is CC1=[C-]C(C)C(C)=C1.CC1=[C-]C(C)C=C1C.Cl.Cl.[Zr+2].c1ccc([SiH]c2ccccc2)cc1. The molecule has 2 aliphatic carbocycles. The topological polar surface area (TPSA) is 0 Å². The van der Waals surface area contributed by atoms with Crippen LogP contribution in [0.25, 0.3) is 0 Å². The molecule has 2 unspecified atom stereocenters. The van der Waals surface area contributed by atoms with Crippen molar-refractivity contribution in [1.29, 1.82) is 0 Å². The molecule has 0 bridgehead atoms. The van der Waals surface area contributed by atoms with Crippen LogP contribution in [-0.2, 0) is 26.2 Å². The van der Waals surface area contributed by atoms with Gasteiger partial charge in [-0.1, -0.05) is 117 Å². The van der Waals surface area contributed by atoms with Crippen LogP contribution in [0.1, 0.15) is 41.5 Å². The molecule has 0 saturated carbocycles. The molecular formula is C28H35Cl2SiZr. The number of allylic oxidation sites excluding steroid dienone is 8. The van der Waals surface area contributed by atoms with Crippen molar-refractivity contribution in [2.75, 3.05) is 0 Å². The Kier molecular flexibility index (Phi) is 18.2. The molecule has 169 valence electrons. The summed E-state index contributed by atoms with van der Waals surface area (Å²) in [4.78, 5) is 0. The fourth-order valence-electron chi connectivity index (χ4n) is 3.25. The Labute approximate surface area is 230 Å². The molecule has 0 fully saturated rings. The van der Waals surface area contributed by atoms with Crippen LogP contribution in [0.5, 0.6) is 0 Å². The number of benzene rings is 2. The van der Waals surface area contributed by atoms with Crippen LogP contribution in [0.3, 0.4) is 0 Å². The van der Waals surface area contributed by atoms with Gasteiger partial charge >= 0.3 is 26.2 Å². The van der Waals surface area contributed by atoms with Crippen LogP contribution < -0.4 is 10.4 Å². The average molecular weight is 562 g/mol. The Morgan fingerprint density at radius 3 is 1.41 bits per heavy atom. The fraction of sp³-hybridized carbons (Fsp3) is 0.286. The standard InChI is InChI=1S/C12H11Si.2C8H11.2ClH.Zr/c1-3-7-11(8-4-1)13-12-9-5-2-6-10-12;2*1-6-4-7(2)8(3)5-6;;;/h1-10,13H;4,8H,1-3H3;4,6H,1-3H3;2*1H;/q;2*-1;;;+2. The third kappa shape index (κ3) is 12.4. The van der Waals surface area contributed by atoms with Gasteiger partial charge in [-0.2, -0.15) is 11.6 Å². The van der Waals surface area contributed by atoms with Crippen molar-refractivity contribution in [3.05, 3.63) is 107 Å². The largest absolute Gasteiger partial charge is 2.00 e. The molecular weight excluding hydrogens is 527 g/mol. The van der Waals surface area contributed by atoms with E-state index in [-0.39, 0.29) is 60.5 Å². The Bertz CT molecular complexity index is 844. The fourth-order valence-corrected chi connectivity index (χ4v) is 4.47. The third-order valence-electron chi connectivity index (χ3n) is 5.04. The normalized spacial score (nSPS) is 17.8. The van der Waals surface area contributed by atoms with Crippen LogP contribution in [0.2, 0.25) is 0 Å². The van der Waals surface area contributed by atoms with Crippen LogP contribution in [0.4, 0.5) is 0 Å². The summed E-state index contributed by atoms with van der Waals surface area (Å²) >= 11 is 0. The number of halogens is 2. The van der Waals surface area contributed by atoms with Gasteiger partial charge in [-0.3, -0.25) is 12.2 Å². The van der Waals surface area contributed by atoms with E-state index in [1.807, 2.05) is 0 Å². The molecule has 2 atom stereocenters. The maximum Gasteiger partial charge on any atom is 2.00 e. The Morgan fingerprint density at radius 1 is 0.719 bits per heavy atom. The van der Waals surface area contributed by atoms with E-state index in [0.29, 0.717) is 11.8 Å². The van der Waals surface area contributed by atoms with E-state index < -0.39 is 0 Å². The van der Waals surface area contributed by atoms with Crippen LogP contribution in [-0.4, -0.2) is 9.52 Å². The number of hydrogen-bond donors (Lipinski definition) is 0. The van der Waals surface area contributed by atoms with Gasteiger partial charge in [0, 0.05) is 0 Å². The molecule has 0 N–H and O–H groups in total. The van der Waals surface area contributed by atoms with Gasteiger partial charge in [0.25, 0.3) is 0 Å². The van der Waals surface area contributed by atoms with Gasteiger partial charge in [0.1, 0.15) is 9.52 Å². The minimum atomic E-state index is 0. The molecule has 2 aromatic carbocycles. The Hall–Kier alpha value is -0.920. The monoisotopic (exact) mass is 559 g/mol. The van der Waals surface area contributed by atoms with Crippen LogP contribution in [0, 0.1) is 24.0 Å². The number of rotatable bonds is 2. The minimum absolute atomic E-state index is 0. The minimum Gasteiger partial charge on any atom is -0.266 e. The summed E-state index contributed by atoms with van der Waals surface area (Å²) in [7, 11) is 0.271. The van der Waals surface area contributed by atoms with Gasteiger partial charge in [-0.25, -0.2) is 22.8 Å². The molecule has 0 aliphatic heterocycles. The van der Waals surface area contributed by atoms with E-state index in [9.17, 15) is 0 Å². The maximum atomic E-state index is 3.29. The zero-order valence-corrected chi connectivity index (χ0v) is 25.2. The Morgan fingerprint density at radius 2 is 1.19 bits per heavy atom. The van der Waals surface area contributed by atoms with E-state index in [1.54, 1.807) is 0 Å². The second kappa shape index (κ2) is 17.5. The summed E-state index contributed by atoms with van der Waals surface area (Å²) in [6, 6.07) is 21.3. The first kappa shape index (κ1) is 33.3. The summed E-state index contributed by atoms with van der Waals surface area (Å²) in [6.07, 6.45) is 11.0. The molecule has 4 heteroatoms. The maximum absolute atomic E-state index is 3.29. The summed E-state index contributed by atoms with van der Waals surface area (Å²) in [5.41, 5.74) is 5.42. The quantitative estimate of drug-likeness (QED) is 0.287. The summed E-state index contributed by atoms with van der Waals surface area (Å²) in [5.74, 6) is 1.12. The smallest absolute Gasteiger partial charge is 0.266 e. The molecule has 0 nitrogen and oxygen atoms in total. The molecule has 32 heavy (non-hydrogen) atoms. The van der Waals surface area contributed by atoms with E-state index in [0.717, 1.165) is 0 Å². The third-order valence-corrected chi connectivity index (χ3v) is 6.48. The van der Waals surface area contributed by atoms with E-state index >= 15 is 0 Å². The summed E-state index contributed by atoms with van der Waals surface area (Å²) in [6.45, 7) is 12.8. The van der Waals surface area contributed by atoms with E-state index in [2.05, 4.69) is 127 Å². The van der Waals surface area contributed by atoms with Crippen LogP contribution in [0.15, 0.2) is 95.1 Å². The van der Waals surface area contributed by atoms with Gasteiger partial charge in [0.05, 0.1) is 0 Å². The van der Waals surface area contributed by atoms with Crippen molar-refractivity contribution in [3.8, 4) is 0 Å². The number of hydrogen-bond acceptors (Lipinski definition) is 0. The zero-order valence-electron chi connectivity index (χ0n) is 20.0. The predicted molar refractivity (Wildman–Crippen MR) is 144 cm³/mol. The molecule has 0 saturated heterocycles. The van der Waals surface area contributed by atoms with Gasteiger partial charge in [0.15, 0.2) is 0 Å². The zero-order chi connectivity index (χ0) is 21.2. The van der Waals surface area contributed by atoms with Crippen molar-refractivity contribution in [1.82, 2.24) is 0 Å². The van der Waals surface area contributed by atoms with Crippen molar-refractivity contribution < 1.29 is 26.2 Å². The molecule has 1 radical (unpaired) electrons. The van der Waals surface area contributed by atoms with Gasteiger partial charge in [-0.15, -0.1) is 31.7 Å². The van der Waals surface area contributed by atoms with E-state index in [1.165, 1.54) is 32.7 Å². The Balaban J connectivity index is 0. The summed E-state index contributed by atoms with van der Waals surface area (Å²) in [5, 5.41) is 2.90. The molecule has 0 heterocycles. The molecule has 2 aliphatic rings. The first-order valence-electron chi connectivity index (χ1n) is 10.4. The molecule has 2 aromatic rings. The molecule has 0 aromatic heterocycles. The average Bonchev–Trinajstić information content (AvgIpc) is 3.15.